The molecule has 0 saturated heterocycles. The number of amides is 2. The summed E-state index contributed by atoms with van der Waals surface area (Å²) in [7, 11) is 1.62. The first-order valence-corrected chi connectivity index (χ1v) is 13.9. The maximum Gasteiger partial charge on any atom is 0.247 e. The minimum absolute atomic E-state index is 0.0738. The first-order valence-electron chi connectivity index (χ1n) is 13.9. The van der Waals surface area contributed by atoms with Gasteiger partial charge in [0.05, 0.1) is 13.5 Å². The van der Waals surface area contributed by atoms with Crippen molar-refractivity contribution >= 4 is 22.7 Å². The minimum atomic E-state index is -0.737. The van der Waals surface area contributed by atoms with Crippen LogP contribution < -0.4 is 10.1 Å². The molecule has 0 unspecified atom stereocenters. The van der Waals surface area contributed by atoms with Crippen LogP contribution in [0.25, 0.3) is 10.9 Å². The second kappa shape index (κ2) is 12.7. The molecule has 1 saturated carbocycles. The summed E-state index contributed by atoms with van der Waals surface area (Å²) in [6, 6.07) is 25.0. The van der Waals surface area contributed by atoms with Gasteiger partial charge in [-0.25, -0.2) is 0 Å². The zero-order valence-corrected chi connectivity index (χ0v) is 22.6. The fourth-order valence-corrected chi connectivity index (χ4v) is 5.62. The highest BCUT2D eigenvalue weighted by Crippen LogP contribution is 2.28. The molecule has 4 aromatic rings. The molecule has 39 heavy (non-hydrogen) atoms. The number of para-hydroxylation sites is 1. The normalized spacial score (nSPS) is 14.6. The Morgan fingerprint density at radius 1 is 0.949 bits per heavy atom. The van der Waals surface area contributed by atoms with E-state index in [1.54, 1.807) is 12.0 Å². The molecule has 1 fully saturated rings. The Balaban J connectivity index is 1.48. The van der Waals surface area contributed by atoms with E-state index in [-0.39, 0.29) is 24.3 Å². The third kappa shape index (κ3) is 6.51. The van der Waals surface area contributed by atoms with Crippen molar-refractivity contribution in [1.82, 2.24) is 15.2 Å². The molecule has 6 nitrogen and oxygen atoms in total. The van der Waals surface area contributed by atoms with Crippen LogP contribution in [-0.2, 0) is 22.4 Å². The summed E-state index contributed by atoms with van der Waals surface area (Å²) in [5.74, 6) is 0.522. The quantitative estimate of drug-likeness (QED) is 0.269. The lowest BCUT2D eigenvalue weighted by atomic mass is 9.94. The zero-order chi connectivity index (χ0) is 27.0. The topological polar surface area (TPSA) is 74.4 Å². The van der Waals surface area contributed by atoms with Crippen LogP contribution in [0.5, 0.6) is 5.75 Å². The van der Waals surface area contributed by atoms with Crippen LogP contribution in [-0.4, -0.2) is 41.4 Å². The lowest BCUT2D eigenvalue weighted by Crippen LogP contribution is -2.48. The highest BCUT2D eigenvalue weighted by molar-refractivity contribution is 5.92. The monoisotopic (exact) mass is 523 g/mol. The summed E-state index contributed by atoms with van der Waals surface area (Å²) in [6.07, 6.45) is 8.18. The fraction of sp³-hybridized carbons (Fsp3) is 0.333. The number of benzene rings is 3. The highest BCUT2D eigenvalue weighted by Gasteiger charge is 2.33. The van der Waals surface area contributed by atoms with Crippen LogP contribution in [0.3, 0.4) is 0 Å². The van der Waals surface area contributed by atoms with Crippen molar-refractivity contribution in [2.75, 3.05) is 13.7 Å². The van der Waals surface area contributed by atoms with E-state index in [1.807, 2.05) is 72.9 Å². The van der Waals surface area contributed by atoms with Crippen molar-refractivity contribution in [2.45, 2.75) is 57.0 Å². The molecule has 1 heterocycles. The van der Waals surface area contributed by atoms with Crippen LogP contribution in [0.2, 0.25) is 0 Å². The molecule has 1 aliphatic carbocycles. The summed E-state index contributed by atoms with van der Waals surface area (Å²) in [5.41, 5.74) is 3.84. The smallest absolute Gasteiger partial charge is 0.247 e. The molecule has 0 aliphatic heterocycles. The zero-order valence-electron chi connectivity index (χ0n) is 22.6. The lowest BCUT2D eigenvalue weighted by molar-refractivity contribution is -0.140. The Labute approximate surface area is 230 Å². The molecule has 5 rings (SSSR count). The minimum Gasteiger partial charge on any atom is -0.497 e. The number of methoxy groups -OCH3 is 1. The van der Waals surface area contributed by atoms with E-state index < -0.39 is 6.04 Å². The molecule has 2 amide bonds. The van der Waals surface area contributed by atoms with E-state index >= 15 is 0 Å². The number of rotatable bonds is 10. The molecule has 202 valence electrons. The molecule has 3 aromatic carbocycles. The summed E-state index contributed by atoms with van der Waals surface area (Å²) in [4.78, 5) is 33.2. The van der Waals surface area contributed by atoms with E-state index in [9.17, 15) is 9.59 Å². The molecule has 0 spiro atoms. The van der Waals surface area contributed by atoms with E-state index in [2.05, 4.69) is 22.4 Å². The van der Waals surface area contributed by atoms with Gasteiger partial charge in [-0.3, -0.25) is 9.59 Å². The Kier molecular flexibility index (Phi) is 8.61. The van der Waals surface area contributed by atoms with Gasteiger partial charge in [-0.1, -0.05) is 79.9 Å². The Morgan fingerprint density at radius 2 is 1.67 bits per heavy atom. The number of ether oxygens (including phenoxy) is 1. The number of carbonyl (C=O) groups is 2. The number of nitrogens with zero attached hydrogens (tertiary/aromatic N) is 1. The van der Waals surface area contributed by atoms with Gasteiger partial charge in [-0.05, 0) is 54.2 Å². The fourth-order valence-electron chi connectivity index (χ4n) is 5.62. The van der Waals surface area contributed by atoms with Crippen LogP contribution in [0.15, 0.2) is 85.1 Å². The van der Waals surface area contributed by atoms with Gasteiger partial charge in [0.25, 0.3) is 0 Å². The standard InChI is InChI=1S/C33H37N3O3/c1-39-28-18-16-25(17-19-28)32(33(38)35-27-12-6-3-7-13-27)36(21-20-24-10-4-2-5-11-24)31(37)22-26-23-34-30-15-9-8-14-29(26)30/h2,4-5,8-11,14-19,23,27,32,34H,3,6-7,12-13,20-22H2,1H3,(H,35,38)/t32-/m0/s1. The predicted octanol–water partition coefficient (Wildman–Crippen LogP) is 5.98. The first-order chi connectivity index (χ1) is 19.1. The lowest BCUT2D eigenvalue weighted by Gasteiger charge is -2.33. The van der Waals surface area contributed by atoms with Gasteiger partial charge in [0, 0.05) is 29.7 Å². The number of H-pyrrole nitrogens is 1. The molecule has 0 bridgehead atoms. The maximum atomic E-state index is 14.1. The largest absolute Gasteiger partial charge is 0.497 e. The second-order valence-electron chi connectivity index (χ2n) is 10.4. The molecule has 1 aliphatic rings. The Morgan fingerprint density at radius 3 is 2.41 bits per heavy atom. The summed E-state index contributed by atoms with van der Waals surface area (Å²) in [5, 5.41) is 4.33. The second-order valence-corrected chi connectivity index (χ2v) is 10.4. The van der Waals surface area contributed by atoms with Crippen molar-refractivity contribution in [1.29, 1.82) is 0 Å². The number of aromatic amines is 1. The van der Waals surface area contributed by atoms with Crippen molar-refractivity contribution in [3.05, 3.63) is 102 Å². The predicted molar refractivity (Wildman–Crippen MR) is 155 cm³/mol. The van der Waals surface area contributed by atoms with E-state index in [0.717, 1.165) is 53.3 Å². The summed E-state index contributed by atoms with van der Waals surface area (Å²) < 4.78 is 5.37. The van der Waals surface area contributed by atoms with Gasteiger partial charge < -0.3 is 19.9 Å². The van der Waals surface area contributed by atoms with Crippen molar-refractivity contribution in [2.24, 2.45) is 0 Å². The SMILES string of the molecule is COc1ccc([C@@H](C(=O)NC2CCCCC2)N(CCc2ccccc2)C(=O)Cc2c[nH]c3ccccc23)cc1. The third-order valence-electron chi connectivity index (χ3n) is 7.76. The summed E-state index contributed by atoms with van der Waals surface area (Å²) in [6.45, 7) is 0.431. The Hall–Kier alpha value is -4.06. The van der Waals surface area contributed by atoms with Crippen LogP contribution in [0, 0.1) is 0 Å². The van der Waals surface area contributed by atoms with E-state index in [4.69, 9.17) is 4.74 Å². The van der Waals surface area contributed by atoms with Crippen molar-refractivity contribution < 1.29 is 14.3 Å². The molecular formula is C33H37N3O3. The van der Waals surface area contributed by atoms with Crippen molar-refractivity contribution in [3.63, 3.8) is 0 Å². The molecule has 1 aromatic heterocycles. The van der Waals surface area contributed by atoms with Crippen molar-refractivity contribution in [3.8, 4) is 5.75 Å². The average Bonchev–Trinajstić information content (AvgIpc) is 3.39. The van der Waals surface area contributed by atoms with Gasteiger partial charge in [0.1, 0.15) is 11.8 Å². The van der Waals surface area contributed by atoms with Gasteiger partial charge in [-0.15, -0.1) is 0 Å². The van der Waals surface area contributed by atoms with E-state index in [0.29, 0.717) is 18.7 Å². The maximum absolute atomic E-state index is 14.1. The molecule has 0 radical (unpaired) electrons. The van der Waals surface area contributed by atoms with Gasteiger partial charge in [0.15, 0.2) is 0 Å². The van der Waals surface area contributed by atoms with Crippen LogP contribution in [0.4, 0.5) is 0 Å². The molecular weight excluding hydrogens is 486 g/mol. The van der Waals surface area contributed by atoms with E-state index in [1.165, 1.54) is 6.42 Å². The third-order valence-corrected chi connectivity index (χ3v) is 7.76. The number of hydrogen-bond acceptors (Lipinski definition) is 3. The molecule has 1 atom stereocenters. The van der Waals surface area contributed by atoms with Gasteiger partial charge in [-0.2, -0.15) is 0 Å². The number of aromatic nitrogens is 1. The van der Waals surface area contributed by atoms with Crippen LogP contribution in [0.1, 0.15) is 54.8 Å². The van der Waals surface area contributed by atoms with Gasteiger partial charge >= 0.3 is 0 Å². The first kappa shape index (κ1) is 26.5. The highest BCUT2D eigenvalue weighted by atomic mass is 16.5. The number of nitrogens with one attached hydrogen (secondary N) is 2. The molecule has 2 N–H and O–H groups in total. The molecule has 6 heteroatoms. The number of carbonyl (C=O) groups excluding carboxylic acids is 2. The Bertz CT molecular complexity index is 1370. The number of fused-ring (bicyclic) bond motifs is 1. The number of hydrogen-bond donors (Lipinski definition) is 2. The van der Waals surface area contributed by atoms with Gasteiger partial charge in [0.2, 0.25) is 11.8 Å². The summed E-state index contributed by atoms with van der Waals surface area (Å²) >= 11 is 0. The average molecular weight is 524 g/mol. The van der Waals surface area contributed by atoms with Crippen LogP contribution >= 0.6 is 0 Å².